The summed E-state index contributed by atoms with van der Waals surface area (Å²) in [6, 6.07) is 19.8. The van der Waals surface area contributed by atoms with Crippen LogP contribution in [0.3, 0.4) is 0 Å². The molecule has 10 heteroatoms. The van der Waals surface area contributed by atoms with E-state index in [1.165, 1.54) is 0 Å². The number of carbonyl (C=O) groups is 4. The zero-order chi connectivity index (χ0) is 29.4. The maximum absolute atomic E-state index is 13.0. The van der Waals surface area contributed by atoms with Gasteiger partial charge in [0.2, 0.25) is 5.91 Å². The SMILES string of the molecule is CCOc1cc(/C=C2/SC(=O)N(CC(=O)Nc3ccc(CC)cc3)C2=O)ccc1OCC(=O)Nc1cccc(C)c1. The lowest BCUT2D eigenvalue weighted by Crippen LogP contribution is -2.36. The highest BCUT2D eigenvalue weighted by molar-refractivity contribution is 8.18. The molecule has 1 aliphatic rings. The van der Waals surface area contributed by atoms with Crippen molar-refractivity contribution in [1.82, 2.24) is 4.90 Å². The largest absolute Gasteiger partial charge is 0.490 e. The van der Waals surface area contributed by atoms with Crippen molar-refractivity contribution >= 4 is 52.2 Å². The number of imide groups is 1. The highest BCUT2D eigenvalue weighted by Gasteiger charge is 2.36. The smallest absolute Gasteiger partial charge is 0.294 e. The Balaban J connectivity index is 1.39. The predicted molar refractivity (Wildman–Crippen MR) is 160 cm³/mol. The lowest BCUT2D eigenvalue weighted by molar-refractivity contribution is -0.127. The molecule has 0 saturated carbocycles. The average molecular weight is 574 g/mol. The van der Waals surface area contributed by atoms with E-state index < -0.39 is 17.1 Å². The van der Waals surface area contributed by atoms with Gasteiger partial charge in [-0.2, -0.15) is 0 Å². The van der Waals surface area contributed by atoms with E-state index in [2.05, 4.69) is 10.6 Å². The second kappa shape index (κ2) is 13.7. The summed E-state index contributed by atoms with van der Waals surface area (Å²) in [6.45, 7) is 5.52. The zero-order valence-electron chi connectivity index (χ0n) is 23.1. The van der Waals surface area contributed by atoms with Crippen molar-refractivity contribution < 1.29 is 28.7 Å². The third kappa shape index (κ3) is 7.98. The molecule has 3 aromatic carbocycles. The summed E-state index contributed by atoms with van der Waals surface area (Å²) in [7, 11) is 0. The minimum Gasteiger partial charge on any atom is -0.490 e. The standard InChI is InChI=1S/C31H31N3O6S/c1-4-21-9-12-23(13-10-21)32-28(35)18-34-30(37)27(41-31(34)38)17-22-11-14-25(26(16-22)39-5-2)40-19-29(36)33-24-8-6-7-20(3)15-24/h6-17H,4-5,18-19H2,1-3H3,(H,32,35)(H,33,36)/b27-17+. The van der Waals surface area contributed by atoms with Crippen molar-refractivity contribution in [2.24, 2.45) is 0 Å². The molecule has 1 saturated heterocycles. The van der Waals surface area contributed by atoms with Crippen LogP contribution in [0.5, 0.6) is 11.5 Å². The number of nitrogens with one attached hydrogen (secondary N) is 2. The third-order valence-corrected chi connectivity index (χ3v) is 6.95. The van der Waals surface area contributed by atoms with Crippen LogP contribution in [0.4, 0.5) is 16.2 Å². The molecule has 0 spiro atoms. The Bertz CT molecular complexity index is 1490. The molecule has 1 aliphatic heterocycles. The van der Waals surface area contributed by atoms with E-state index in [-0.39, 0.29) is 24.0 Å². The molecule has 4 amide bonds. The van der Waals surface area contributed by atoms with Gasteiger partial charge < -0.3 is 20.1 Å². The van der Waals surface area contributed by atoms with Crippen LogP contribution in [-0.4, -0.2) is 47.6 Å². The van der Waals surface area contributed by atoms with Gasteiger partial charge in [0.15, 0.2) is 18.1 Å². The number of ether oxygens (including phenoxy) is 2. The van der Waals surface area contributed by atoms with E-state index in [4.69, 9.17) is 9.47 Å². The monoisotopic (exact) mass is 573 g/mol. The summed E-state index contributed by atoms with van der Waals surface area (Å²) < 4.78 is 11.4. The number of anilines is 2. The fourth-order valence-corrected chi connectivity index (χ4v) is 4.86. The number of hydrogen-bond acceptors (Lipinski definition) is 7. The fourth-order valence-electron chi connectivity index (χ4n) is 4.02. The second-order valence-electron chi connectivity index (χ2n) is 9.21. The molecule has 41 heavy (non-hydrogen) atoms. The van der Waals surface area contributed by atoms with Gasteiger partial charge in [0.25, 0.3) is 17.1 Å². The van der Waals surface area contributed by atoms with Gasteiger partial charge in [0.05, 0.1) is 11.5 Å². The first kappa shape index (κ1) is 29.4. The number of rotatable bonds is 11. The van der Waals surface area contributed by atoms with E-state index in [0.717, 1.165) is 34.2 Å². The van der Waals surface area contributed by atoms with Crippen LogP contribution in [0, 0.1) is 6.92 Å². The Morgan fingerprint density at radius 3 is 2.34 bits per heavy atom. The van der Waals surface area contributed by atoms with Crippen LogP contribution in [0.25, 0.3) is 6.08 Å². The number of carbonyl (C=O) groups excluding carboxylic acids is 4. The first-order valence-corrected chi connectivity index (χ1v) is 14.0. The van der Waals surface area contributed by atoms with Gasteiger partial charge in [-0.3, -0.25) is 24.1 Å². The van der Waals surface area contributed by atoms with Crippen molar-refractivity contribution in [3.05, 3.63) is 88.3 Å². The summed E-state index contributed by atoms with van der Waals surface area (Å²) >= 11 is 0.763. The number of hydrogen-bond donors (Lipinski definition) is 2. The topological polar surface area (TPSA) is 114 Å². The van der Waals surface area contributed by atoms with E-state index >= 15 is 0 Å². The summed E-state index contributed by atoms with van der Waals surface area (Å²) in [5.74, 6) is -0.595. The summed E-state index contributed by atoms with van der Waals surface area (Å²) in [5, 5.41) is 4.98. The number of nitrogens with zero attached hydrogens (tertiary/aromatic N) is 1. The van der Waals surface area contributed by atoms with E-state index in [0.29, 0.717) is 35.0 Å². The quantitative estimate of drug-likeness (QED) is 0.285. The van der Waals surface area contributed by atoms with E-state index in [9.17, 15) is 19.2 Å². The molecule has 9 nitrogen and oxygen atoms in total. The van der Waals surface area contributed by atoms with Crippen LogP contribution >= 0.6 is 11.8 Å². The van der Waals surface area contributed by atoms with Gasteiger partial charge in [-0.25, -0.2) is 0 Å². The second-order valence-corrected chi connectivity index (χ2v) is 10.2. The summed E-state index contributed by atoms with van der Waals surface area (Å²) in [6.07, 6.45) is 2.44. The first-order chi connectivity index (χ1) is 19.7. The van der Waals surface area contributed by atoms with E-state index in [1.807, 2.05) is 51.1 Å². The van der Waals surface area contributed by atoms with Crippen LogP contribution in [0.1, 0.15) is 30.5 Å². The van der Waals surface area contributed by atoms with Crippen LogP contribution in [0.15, 0.2) is 71.6 Å². The molecule has 1 heterocycles. The minimum atomic E-state index is -0.553. The Morgan fingerprint density at radius 2 is 1.63 bits per heavy atom. The molecular weight excluding hydrogens is 542 g/mol. The summed E-state index contributed by atoms with van der Waals surface area (Å²) in [4.78, 5) is 51.5. The highest BCUT2D eigenvalue weighted by Crippen LogP contribution is 2.34. The molecule has 0 atom stereocenters. The molecular formula is C31H31N3O6S. The van der Waals surface area contributed by atoms with Gasteiger partial charge in [0, 0.05) is 11.4 Å². The molecule has 0 bridgehead atoms. The average Bonchev–Trinajstić information content (AvgIpc) is 3.20. The molecule has 2 N–H and O–H groups in total. The summed E-state index contributed by atoms with van der Waals surface area (Å²) in [5.41, 5.74) is 4.02. The van der Waals surface area contributed by atoms with Crippen molar-refractivity contribution in [3.63, 3.8) is 0 Å². The van der Waals surface area contributed by atoms with Gasteiger partial charge >= 0.3 is 0 Å². The van der Waals surface area contributed by atoms with Gasteiger partial charge in [-0.15, -0.1) is 0 Å². The van der Waals surface area contributed by atoms with Gasteiger partial charge in [-0.1, -0.05) is 37.3 Å². The third-order valence-electron chi connectivity index (χ3n) is 6.05. The maximum atomic E-state index is 13.0. The Kier molecular flexibility index (Phi) is 9.81. The lowest BCUT2D eigenvalue weighted by atomic mass is 10.1. The highest BCUT2D eigenvalue weighted by atomic mass is 32.2. The fraction of sp³-hybridized carbons (Fsp3) is 0.226. The van der Waals surface area contributed by atoms with Crippen LogP contribution in [0.2, 0.25) is 0 Å². The van der Waals surface area contributed by atoms with Crippen molar-refractivity contribution in [1.29, 1.82) is 0 Å². The molecule has 4 rings (SSSR count). The molecule has 1 fully saturated rings. The molecule has 0 aromatic heterocycles. The minimum absolute atomic E-state index is 0.184. The zero-order valence-corrected chi connectivity index (χ0v) is 23.9. The Labute approximate surface area is 242 Å². The molecule has 0 aliphatic carbocycles. The van der Waals surface area contributed by atoms with E-state index in [1.54, 1.807) is 42.5 Å². The molecule has 3 aromatic rings. The maximum Gasteiger partial charge on any atom is 0.294 e. The normalized spacial score (nSPS) is 13.8. The van der Waals surface area contributed by atoms with Crippen LogP contribution in [-0.2, 0) is 20.8 Å². The van der Waals surface area contributed by atoms with Crippen LogP contribution < -0.4 is 20.1 Å². The Morgan fingerprint density at radius 1 is 0.878 bits per heavy atom. The predicted octanol–water partition coefficient (Wildman–Crippen LogP) is 5.65. The van der Waals surface area contributed by atoms with Gasteiger partial charge in [0.1, 0.15) is 6.54 Å². The lowest BCUT2D eigenvalue weighted by Gasteiger charge is -2.13. The number of benzene rings is 3. The number of aryl methyl sites for hydroxylation is 2. The van der Waals surface area contributed by atoms with Crippen molar-refractivity contribution in [3.8, 4) is 11.5 Å². The molecule has 0 unspecified atom stereocenters. The first-order valence-electron chi connectivity index (χ1n) is 13.2. The number of thioether (sulfide) groups is 1. The Hall–Kier alpha value is -4.57. The van der Waals surface area contributed by atoms with Crippen molar-refractivity contribution in [2.75, 3.05) is 30.4 Å². The van der Waals surface area contributed by atoms with Crippen molar-refractivity contribution in [2.45, 2.75) is 27.2 Å². The van der Waals surface area contributed by atoms with Gasteiger partial charge in [-0.05, 0) is 91.2 Å². The molecule has 0 radical (unpaired) electrons. The number of amides is 4. The molecule has 212 valence electrons.